The molecule has 0 fully saturated rings. The third-order valence-electron chi connectivity index (χ3n) is 2.49. The number of rotatable bonds is 5. The number of hydrogen-bond donors (Lipinski definition) is 1. The first kappa shape index (κ1) is 11.9. The van der Waals surface area contributed by atoms with Crippen LogP contribution in [0.2, 0.25) is 5.02 Å². The SMILES string of the molecule is CCCn1cncc1CNc1cnccc1Cl. The van der Waals surface area contributed by atoms with Gasteiger partial charge in [0.1, 0.15) is 0 Å². The van der Waals surface area contributed by atoms with Crippen molar-refractivity contribution in [1.82, 2.24) is 14.5 Å². The van der Waals surface area contributed by atoms with Crippen LogP contribution < -0.4 is 5.32 Å². The average Bonchev–Trinajstić information content (AvgIpc) is 2.76. The maximum atomic E-state index is 6.04. The topological polar surface area (TPSA) is 42.7 Å². The molecule has 0 atom stereocenters. The van der Waals surface area contributed by atoms with Crippen LogP contribution in [0.4, 0.5) is 5.69 Å². The first-order valence-corrected chi connectivity index (χ1v) is 6.01. The molecule has 0 aromatic carbocycles. The summed E-state index contributed by atoms with van der Waals surface area (Å²) in [5, 5.41) is 3.94. The lowest BCUT2D eigenvalue weighted by Crippen LogP contribution is -2.07. The summed E-state index contributed by atoms with van der Waals surface area (Å²) in [7, 11) is 0. The van der Waals surface area contributed by atoms with E-state index in [0.29, 0.717) is 11.6 Å². The van der Waals surface area contributed by atoms with Gasteiger partial charge in [-0.3, -0.25) is 4.98 Å². The van der Waals surface area contributed by atoms with Gasteiger partial charge in [0.05, 0.1) is 35.5 Å². The van der Waals surface area contributed by atoms with Gasteiger partial charge in [-0.1, -0.05) is 18.5 Å². The number of aryl methyl sites for hydroxylation is 1. The van der Waals surface area contributed by atoms with E-state index in [1.165, 1.54) is 0 Å². The van der Waals surface area contributed by atoms with Crippen LogP contribution in [0, 0.1) is 0 Å². The minimum Gasteiger partial charge on any atom is -0.377 e. The van der Waals surface area contributed by atoms with Crippen molar-refractivity contribution in [1.29, 1.82) is 0 Å². The summed E-state index contributed by atoms with van der Waals surface area (Å²) in [5.41, 5.74) is 1.99. The summed E-state index contributed by atoms with van der Waals surface area (Å²) >= 11 is 6.04. The van der Waals surface area contributed by atoms with Gasteiger partial charge in [0.15, 0.2) is 0 Å². The molecular formula is C12H15ClN4. The molecule has 2 aromatic heterocycles. The van der Waals surface area contributed by atoms with E-state index in [1.807, 2.05) is 12.5 Å². The molecular weight excluding hydrogens is 236 g/mol. The molecule has 0 saturated heterocycles. The molecule has 0 aliphatic carbocycles. The monoisotopic (exact) mass is 250 g/mol. The Balaban J connectivity index is 2.02. The molecule has 1 N–H and O–H groups in total. The maximum Gasteiger partial charge on any atom is 0.0948 e. The van der Waals surface area contributed by atoms with Crippen molar-refractivity contribution in [2.45, 2.75) is 26.4 Å². The summed E-state index contributed by atoms with van der Waals surface area (Å²) in [6.45, 7) is 3.83. The van der Waals surface area contributed by atoms with Crippen molar-refractivity contribution in [3.63, 3.8) is 0 Å². The van der Waals surface area contributed by atoms with Crippen LogP contribution >= 0.6 is 11.6 Å². The van der Waals surface area contributed by atoms with Crippen LogP contribution in [0.25, 0.3) is 0 Å². The molecule has 90 valence electrons. The quantitative estimate of drug-likeness (QED) is 0.887. The Bertz CT molecular complexity index is 481. The highest BCUT2D eigenvalue weighted by atomic mass is 35.5. The van der Waals surface area contributed by atoms with Crippen LogP contribution in [0.15, 0.2) is 31.0 Å². The van der Waals surface area contributed by atoms with E-state index in [9.17, 15) is 0 Å². The van der Waals surface area contributed by atoms with E-state index in [0.717, 1.165) is 24.3 Å². The van der Waals surface area contributed by atoms with Crippen LogP contribution in [0.5, 0.6) is 0 Å². The van der Waals surface area contributed by atoms with E-state index in [2.05, 4.69) is 26.8 Å². The Morgan fingerprint density at radius 3 is 3.00 bits per heavy atom. The van der Waals surface area contributed by atoms with Crippen molar-refractivity contribution < 1.29 is 0 Å². The van der Waals surface area contributed by atoms with Crippen LogP contribution in [-0.2, 0) is 13.1 Å². The molecule has 0 saturated carbocycles. The third kappa shape index (κ3) is 2.97. The Kier molecular flexibility index (Phi) is 3.98. The summed E-state index contributed by atoms with van der Waals surface area (Å²) in [6, 6.07) is 1.77. The van der Waals surface area contributed by atoms with Crippen molar-refractivity contribution in [3.05, 3.63) is 41.7 Å². The van der Waals surface area contributed by atoms with E-state index in [-0.39, 0.29) is 0 Å². The number of nitrogens with zero attached hydrogens (tertiary/aromatic N) is 3. The fourth-order valence-electron chi connectivity index (χ4n) is 1.63. The second-order valence-electron chi connectivity index (χ2n) is 3.79. The van der Waals surface area contributed by atoms with Gasteiger partial charge in [0.25, 0.3) is 0 Å². The van der Waals surface area contributed by atoms with Gasteiger partial charge < -0.3 is 9.88 Å². The van der Waals surface area contributed by atoms with Crippen molar-refractivity contribution in [3.8, 4) is 0 Å². The highest BCUT2D eigenvalue weighted by Crippen LogP contribution is 2.19. The Morgan fingerprint density at radius 2 is 2.24 bits per heavy atom. The lowest BCUT2D eigenvalue weighted by molar-refractivity contribution is 0.651. The normalized spacial score (nSPS) is 10.5. The first-order valence-electron chi connectivity index (χ1n) is 5.63. The van der Waals surface area contributed by atoms with Gasteiger partial charge in [-0.2, -0.15) is 0 Å². The number of imidazole rings is 1. The van der Waals surface area contributed by atoms with E-state index < -0.39 is 0 Å². The molecule has 2 rings (SSSR count). The minimum atomic E-state index is 0.682. The standard InChI is InChI=1S/C12H15ClN4/c1-2-5-17-9-15-6-10(17)7-16-12-8-14-4-3-11(12)13/h3-4,6,8-9,16H,2,5,7H2,1H3. The lowest BCUT2D eigenvalue weighted by Gasteiger charge is -2.09. The number of halogens is 1. The summed E-state index contributed by atoms with van der Waals surface area (Å²) in [4.78, 5) is 8.18. The smallest absolute Gasteiger partial charge is 0.0948 e. The molecule has 0 amide bonds. The molecule has 4 nitrogen and oxygen atoms in total. The zero-order valence-corrected chi connectivity index (χ0v) is 10.5. The molecule has 0 aliphatic heterocycles. The number of nitrogens with one attached hydrogen (secondary N) is 1. The highest BCUT2D eigenvalue weighted by molar-refractivity contribution is 6.33. The highest BCUT2D eigenvalue weighted by Gasteiger charge is 2.03. The Morgan fingerprint density at radius 1 is 1.35 bits per heavy atom. The van der Waals surface area contributed by atoms with E-state index in [4.69, 9.17) is 11.6 Å². The van der Waals surface area contributed by atoms with Gasteiger partial charge in [0.2, 0.25) is 0 Å². The van der Waals surface area contributed by atoms with Crippen LogP contribution in [0.1, 0.15) is 19.0 Å². The van der Waals surface area contributed by atoms with E-state index >= 15 is 0 Å². The van der Waals surface area contributed by atoms with Crippen LogP contribution in [0.3, 0.4) is 0 Å². The summed E-state index contributed by atoms with van der Waals surface area (Å²) in [6.07, 6.45) is 8.22. The van der Waals surface area contributed by atoms with Gasteiger partial charge in [0, 0.05) is 18.9 Å². The largest absolute Gasteiger partial charge is 0.377 e. The van der Waals surface area contributed by atoms with Gasteiger partial charge in [-0.25, -0.2) is 4.98 Å². The maximum absolute atomic E-state index is 6.04. The molecule has 0 spiro atoms. The molecule has 17 heavy (non-hydrogen) atoms. The lowest BCUT2D eigenvalue weighted by atomic mass is 10.3. The zero-order valence-electron chi connectivity index (χ0n) is 9.73. The molecule has 0 radical (unpaired) electrons. The van der Waals surface area contributed by atoms with Crippen molar-refractivity contribution >= 4 is 17.3 Å². The number of anilines is 1. The molecule has 0 aliphatic rings. The predicted molar refractivity (Wildman–Crippen MR) is 69.1 cm³/mol. The molecule has 2 heterocycles. The first-order chi connectivity index (χ1) is 8.31. The fourth-order valence-corrected chi connectivity index (χ4v) is 1.80. The Labute approximate surface area is 106 Å². The summed E-state index contributed by atoms with van der Waals surface area (Å²) in [5.74, 6) is 0. The van der Waals surface area contributed by atoms with Gasteiger partial charge in [-0.05, 0) is 12.5 Å². The number of hydrogen-bond acceptors (Lipinski definition) is 3. The Hall–Kier alpha value is -1.55. The van der Waals surface area contributed by atoms with Crippen LogP contribution in [-0.4, -0.2) is 14.5 Å². The molecule has 0 bridgehead atoms. The number of pyridine rings is 1. The fraction of sp³-hybridized carbons (Fsp3) is 0.333. The van der Waals surface area contributed by atoms with E-state index in [1.54, 1.807) is 18.5 Å². The summed E-state index contributed by atoms with van der Waals surface area (Å²) < 4.78 is 2.14. The molecule has 2 aromatic rings. The third-order valence-corrected chi connectivity index (χ3v) is 2.82. The molecule has 0 unspecified atom stereocenters. The van der Waals surface area contributed by atoms with Gasteiger partial charge in [-0.15, -0.1) is 0 Å². The average molecular weight is 251 g/mol. The zero-order chi connectivity index (χ0) is 12.1. The second-order valence-corrected chi connectivity index (χ2v) is 4.19. The van der Waals surface area contributed by atoms with Crippen molar-refractivity contribution in [2.24, 2.45) is 0 Å². The minimum absolute atomic E-state index is 0.682. The second kappa shape index (κ2) is 5.68. The number of aromatic nitrogens is 3. The van der Waals surface area contributed by atoms with Crippen molar-refractivity contribution in [2.75, 3.05) is 5.32 Å². The predicted octanol–water partition coefficient (Wildman–Crippen LogP) is 2.95. The molecule has 5 heteroatoms. The van der Waals surface area contributed by atoms with Gasteiger partial charge >= 0.3 is 0 Å².